The van der Waals surface area contributed by atoms with E-state index in [1.165, 1.54) is 5.57 Å². The van der Waals surface area contributed by atoms with Gasteiger partial charge in [0.05, 0.1) is 30.5 Å². The molecule has 0 amide bonds. The Morgan fingerprint density at radius 2 is 1.73 bits per heavy atom. The Labute approximate surface area is 246 Å². The van der Waals surface area contributed by atoms with Crippen molar-refractivity contribution in [3.05, 3.63) is 11.6 Å². The number of allylic oxidation sites excluding steroid dienone is 1. The zero-order valence-corrected chi connectivity index (χ0v) is 25.9. The minimum atomic E-state index is -1.38. The smallest absolute Gasteiger partial charge is 0.186 e. The molecule has 41 heavy (non-hydrogen) atoms. The van der Waals surface area contributed by atoms with E-state index in [4.69, 9.17) is 9.47 Å². The van der Waals surface area contributed by atoms with Gasteiger partial charge in [-0.2, -0.15) is 0 Å². The van der Waals surface area contributed by atoms with Crippen molar-refractivity contribution < 1.29 is 40.1 Å². The highest BCUT2D eigenvalue weighted by Gasteiger charge is 2.65. The van der Waals surface area contributed by atoms with E-state index in [-0.39, 0.29) is 52.6 Å². The van der Waals surface area contributed by atoms with Crippen LogP contribution in [0.1, 0.15) is 92.9 Å². The van der Waals surface area contributed by atoms with Crippen LogP contribution in [0.3, 0.4) is 0 Å². The molecule has 0 aromatic heterocycles. The normalized spacial score (nSPS) is 51.4. The van der Waals surface area contributed by atoms with Crippen molar-refractivity contribution in [1.82, 2.24) is 0 Å². The van der Waals surface area contributed by atoms with Gasteiger partial charge in [0.2, 0.25) is 0 Å². The lowest BCUT2D eigenvalue weighted by atomic mass is 9.46. The number of hydrogen-bond donors (Lipinski definition) is 6. The Bertz CT molecular complexity index is 956. The second kappa shape index (κ2) is 11.7. The first-order valence-electron chi connectivity index (χ1n) is 16.3. The van der Waals surface area contributed by atoms with Crippen LogP contribution in [0.15, 0.2) is 11.6 Å². The SMILES string of the molecule is CC(C)CC[C@H](O)[C@@H](C)C1[C@@H](O[C@@H]2O[C@@H](C)C(O)[C@@H](O)[C@H]2O)C[C@H]2[C@@H]3CC=C4C[C@@H](O)CC[C@]4(C)[C@H]3[C@H](O)C[C@]12C. The monoisotopic (exact) mass is 580 g/mol. The molecular formula is C33H56O8. The Kier molecular flexibility index (Phi) is 9.11. The standard InChI is InChI=1S/C33H56O8/c1-16(2)7-10-23(35)17(3)26-25(41-31-30(39)29(38)28(37)18(4)40-31)14-22-21-9-8-19-13-20(34)11-12-32(19,5)27(21)24(36)15-33(22,26)6/h8,16-18,20-31,34-39H,7,9-15H2,1-6H3/t17-,18+,20+,21+,22+,23+,24-,25+,26?,27-,28?,29-,30-,31+,32+,33+/m1/s1. The fourth-order valence-electron chi connectivity index (χ4n) is 10.2. The third kappa shape index (κ3) is 5.47. The fraction of sp³-hybridized carbons (Fsp3) is 0.939. The van der Waals surface area contributed by atoms with Crippen molar-refractivity contribution in [2.75, 3.05) is 0 Å². The van der Waals surface area contributed by atoms with Crippen LogP contribution >= 0.6 is 0 Å². The maximum Gasteiger partial charge on any atom is 0.186 e. The van der Waals surface area contributed by atoms with Crippen LogP contribution in [0.2, 0.25) is 0 Å². The van der Waals surface area contributed by atoms with E-state index in [9.17, 15) is 30.6 Å². The maximum absolute atomic E-state index is 11.9. The number of hydrogen-bond acceptors (Lipinski definition) is 8. The van der Waals surface area contributed by atoms with Gasteiger partial charge in [-0.05, 0) is 105 Å². The molecule has 236 valence electrons. The first kappa shape index (κ1) is 31.8. The average Bonchev–Trinajstić information content (AvgIpc) is 3.19. The topological polar surface area (TPSA) is 140 Å². The Morgan fingerprint density at radius 3 is 2.41 bits per heavy atom. The van der Waals surface area contributed by atoms with Crippen LogP contribution < -0.4 is 0 Å². The van der Waals surface area contributed by atoms with E-state index in [1.54, 1.807) is 6.92 Å². The summed E-state index contributed by atoms with van der Waals surface area (Å²) in [6.45, 7) is 12.6. The summed E-state index contributed by atoms with van der Waals surface area (Å²) >= 11 is 0. The van der Waals surface area contributed by atoms with E-state index in [1.807, 2.05) is 0 Å². The van der Waals surface area contributed by atoms with Crippen molar-refractivity contribution in [2.45, 2.75) is 148 Å². The number of aliphatic hydroxyl groups excluding tert-OH is 6. The average molecular weight is 581 g/mol. The molecule has 5 aliphatic rings. The molecule has 8 heteroatoms. The Balaban J connectivity index is 1.47. The van der Waals surface area contributed by atoms with E-state index in [0.717, 1.165) is 32.1 Å². The summed E-state index contributed by atoms with van der Waals surface area (Å²) in [6.07, 6.45) is 1.01. The van der Waals surface area contributed by atoms with Crippen LogP contribution in [0.25, 0.3) is 0 Å². The van der Waals surface area contributed by atoms with Crippen molar-refractivity contribution in [2.24, 2.45) is 46.3 Å². The summed E-state index contributed by atoms with van der Waals surface area (Å²) < 4.78 is 12.5. The minimum absolute atomic E-state index is 0.0910. The molecule has 1 aliphatic heterocycles. The van der Waals surface area contributed by atoms with Crippen molar-refractivity contribution in [1.29, 1.82) is 0 Å². The summed E-state index contributed by atoms with van der Waals surface area (Å²) in [4.78, 5) is 0. The lowest BCUT2D eigenvalue weighted by Gasteiger charge is -2.60. The fourth-order valence-corrected chi connectivity index (χ4v) is 10.2. The predicted octanol–water partition coefficient (Wildman–Crippen LogP) is 3.15. The van der Waals surface area contributed by atoms with Crippen LogP contribution in [0.4, 0.5) is 0 Å². The molecule has 4 fully saturated rings. The van der Waals surface area contributed by atoms with Crippen LogP contribution in [-0.2, 0) is 9.47 Å². The lowest BCUT2D eigenvalue weighted by Crippen LogP contribution is -2.58. The molecule has 0 aromatic rings. The number of aliphatic hydroxyl groups is 6. The van der Waals surface area contributed by atoms with Gasteiger partial charge in [-0.3, -0.25) is 0 Å². The number of rotatable bonds is 7. The zero-order chi connectivity index (χ0) is 30.0. The van der Waals surface area contributed by atoms with Gasteiger partial charge in [0, 0.05) is 0 Å². The quantitative estimate of drug-likeness (QED) is 0.253. The van der Waals surface area contributed by atoms with E-state index in [0.29, 0.717) is 25.2 Å². The van der Waals surface area contributed by atoms with E-state index >= 15 is 0 Å². The van der Waals surface area contributed by atoms with Gasteiger partial charge >= 0.3 is 0 Å². The molecule has 5 rings (SSSR count). The molecule has 0 radical (unpaired) electrons. The lowest BCUT2D eigenvalue weighted by molar-refractivity contribution is -0.309. The molecule has 8 nitrogen and oxygen atoms in total. The molecule has 0 aromatic carbocycles. The number of ether oxygens (including phenoxy) is 2. The van der Waals surface area contributed by atoms with Gasteiger partial charge in [0.15, 0.2) is 6.29 Å². The molecule has 0 spiro atoms. The highest BCUT2D eigenvalue weighted by Crippen LogP contribution is 2.68. The first-order valence-corrected chi connectivity index (χ1v) is 16.3. The summed E-state index contributed by atoms with van der Waals surface area (Å²) in [6, 6.07) is 0. The van der Waals surface area contributed by atoms with Crippen molar-refractivity contribution in [3.8, 4) is 0 Å². The maximum atomic E-state index is 11.9. The van der Waals surface area contributed by atoms with Gasteiger partial charge in [0.1, 0.15) is 18.3 Å². The van der Waals surface area contributed by atoms with E-state index < -0.39 is 42.9 Å². The third-order valence-electron chi connectivity index (χ3n) is 12.4. The summed E-state index contributed by atoms with van der Waals surface area (Å²) in [5.74, 6) is 0.856. The molecular weight excluding hydrogens is 524 g/mol. The zero-order valence-electron chi connectivity index (χ0n) is 25.9. The van der Waals surface area contributed by atoms with Gasteiger partial charge in [0.25, 0.3) is 0 Å². The highest BCUT2D eigenvalue weighted by atomic mass is 16.7. The minimum Gasteiger partial charge on any atom is -0.393 e. The second-order valence-electron chi connectivity index (χ2n) is 15.4. The number of fused-ring (bicyclic) bond motifs is 5. The van der Waals surface area contributed by atoms with Crippen LogP contribution in [0, 0.1) is 46.3 Å². The Morgan fingerprint density at radius 1 is 1.02 bits per heavy atom. The van der Waals surface area contributed by atoms with Crippen LogP contribution in [-0.4, -0.2) is 85.8 Å². The third-order valence-corrected chi connectivity index (χ3v) is 12.4. The molecule has 1 saturated heterocycles. The van der Waals surface area contributed by atoms with Crippen molar-refractivity contribution >= 4 is 0 Å². The van der Waals surface area contributed by atoms with Gasteiger partial charge in [-0.15, -0.1) is 0 Å². The molecule has 6 N–H and O–H groups in total. The highest BCUT2D eigenvalue weighted by molar-refractivity contribution is 5.27. The summed E-state index contributed by atoms with van der Waals surface area (Å²) in [7, 11) is 0. The molecule has 3 saturated carbocycles. The van der Waals surface area contributed by atoms with E-state index in [2.05, 4.69) is 40.7 Å². The summed E-state index contributed by atoms with van der Waals surface area (Å²) in [5.41, 5.74) is 0.848. The molecule has 16 atom stereocenters. The van der Waals surface area contributed by atoms with Gasteiger partial charge < -0.3 is 40.1 Å². The van der Waals surface area contributed by atoms with Crippen molar-refractivity contribution in [3.63, 3.8) is 0 Å². The molecule has 4 aliphatic carbocycles. The molecule has 1 heterocycles. The molecule has 0 bridgehead atoms. The predicted molar refractivity (Wildman–Crippen MR) is 154 cm³/mol. The molecule has 2 unspecified atom stereocenters. The van der Waals surface area contributed by atoms with Gasteiger partial charge in [-0.1, -0.05) is 46.3 Å². The summed E-state index contributed by atoms with van der Waals surface area (Å²) in [5, 5.41) is 65.3. The Hall–Kier alpha value is -0.580. The van der Waals surface area contributed by atoms with Crippen LogP contribution in [0.5, 0.6) is 0 Å². The first-order chi connectivity index (χ1) is 19.2. The second-order valence-corrected chi connectivity index (χ2v) is 15.4. The largest absolute Gasteiger partial charge is 0.393 e. The van der Waals surface area contributed by atoms with Gasteiger partial charge in [-0.25, -0.2) is 0 Å².